The van der Waals surface area contributed by atoms with Crippen molar-refractivity contribution in [2.75, 3.05) is 13.2 Å². The van der Waals surface area contributed by atoms with Gasteiger partial charge in [0.15, 0.2) is 0 Å². The van der Waals surface area contributed by atoms with E-state index < -0.39 is 17.8 Å². The Morgan fingerprint density at radius 1 is 1.14 bits per heavy atom. The Morgan fingerprint density at radius 2 is 1.89 bits per heavy atom. The number of hydrogen-bond acceptors (Lipinski definition) is 5. The topological polar surface area (TPSA) is 81.5 Å². The van der Waals surface area contributed by atoms with Gasteiger partial charge in [0.25, 0.3) is 5.56 Å². The van der Waals surface area contributed by atoms with Gasteiger partial charge in [-0.2, -0.15) is 0 Å². The number of nitrogens with zero attached hydrogens (tertiary/aromatic N) is 3. The zero-order chi connectivity index (χ0) is 25.5. The second-order valence-electron chi connectivity index (χ2n) is 8.04. The van der Waals surface area contributed by atoms with Crippen LogP contribution in [0.25, 0.3) is 16.6 Å². The first-order valence-corrected chi connectivity index (χ1v) is 12.1. The van der Waals surface area contributed by atoms with Gasteiger partial charge in [0.1, 0.15) is 11.6 Å². The molecule has 1 heterocycles. The second-order valence-corrected chi connectivity index (χ2v) is 8.45. The Kier molecular flexibility index (Phi) is 8.98. The van der Waals surface area contributed by atoms with E-state index in [1.54, 1.807) is 36.1 Å². The third kappa shape index (κ3) is 5.88. The van der Waals surface area contributed by atoms with Gasteiger partial charge < -0.3 is 9.64 Å². The number of benzene rings is 2. The fraction of sp³-hybridized carbons (Fsp3) is 0.385. The molecule has 7 nitrogen and oxygen atoms in total. The van der Waals surface area contributed by atoms with E-state index in [9.17, 15) is 18.8 Å². The SMILES string of the molecule is CCCN(C(=O)CCC(=O)OCC)C(CC)c1nc2ccccc2c(=O)n1-c1ccc(F)c(Cl)c1. The Balaban J connectivity index is 2.16. The van der Waals surface area contributed by atoms with Crippen LogP contribution in [0.2, 0.25) is 5.02 Å². The highest BCUT2D eigenvalue weighted by atomic mass is 35.5. The van der Waals surface area contributed by atoms with Gasteiger partial charge in [-0.05, 0) is 50.1 Å². The van der Waals surface area contributed by atoms with Crippen LogP contribution in [-0.4, -0.2) is 39.5 Å². The number of rotatable bonds is 10. The highest BCUT2D eigenvalue weighted by molar-refractivity contribution is 6.30. The van der Waals surface area contributed by atoms with Gasteiger partial charge >= 0.3 is 5.97 Å². The molecule has 0 bridgehead atoms. The third-order valence-corrected chi connectivity index (χ3v) is 5.95. The van der Waals surface area contributed by atoms with Crippen molar-refractivity contribution >= 4 is 34.4 Å². The molecule has 9 heteroatoms. The number of carbonyl (C=O) groups is 2. The molecule has 0 radical (unpaired) electrons. The van der Waals surface area contributed by atoms with Crippen molar-refractivity contribution < 1.29 is 18.7 Å². The molecule has 0 saturated heterocycles. The molecule has 1 unspecified atom stereocenters. The molecule has 0 aliphatic carbocycles. The molecule has 0 spiro atoms. The number of carbonyl (C=O) groups excluding carboxylic acids is 2. The average Bonchev–Trinajstić information content (AvgIpc) is 2.84. The van der Waals surface area contributed by atoms with Crippen molar-refractivity contribution in [1.29, 1.82) is 0 Å². The number of halogens is 2. The monoisotopic (exact) mass is 501 g/mol. The van der Waals surface area contributed by atoms with Crippen LogP contribution in [0.3, 0.4) is 0 Å². The lowest BCUT2D eigenvalue weighted by atomic mass is 10.1. The van der Waals surface area contributed by atoms with Crippen LogP contribution in [0.5, 0.6) is 0 Å². The Morgan fingerprint density at radius 3 is 2.54 bits per heavy atom. The predicted molar refractivity (Wildman–Crippen MR) is 133 cm³/mol. The van der Waals surface area contributed by atoms with Crippen LogP contribution in [-0.2, 0) is 14.3 Å². The highest BCUT2D eigenvalue weighted by Crippen LogP contribution is 2.28. The van der Waals surface area contributed by atoms with Crippen molar-refractivity contribution in [2.45, 2.75) is 52.5 Å². The van der Waals surface area contributed by atoms with Crippen LogP contribution in [0, 0.1) is 5.82 Å². The molecule has 3 aromatic rings. The molecule has 0 saturated carbocycles. The van der Waals surface area contributed by atoms with E-state index in [1.807, 2.05) is 13.8 Å². The lowest BCUT2D eigenvalue weighted by Crippen LogP contribution is -2.39. The number of hydrogen-bond donors (Lipinski definition) is 0. The fourth-order valence-corrected chi connectivity index (χ4v) is 4.25. The molecule has 1 aromatic heterocycles. The maximum absolute atomic E-state index is 13.9. The summed E-state index contributed by atoms with van der Waals surface area (Å²) in [6.45, 7) is 6.21. The molecule has 0 aliphatic rings. The Bertz CT molecular complexity index is 1280. The van der Waals surface area contributed by atoms with Crippen LogP contribution in [0.4, 0.5) is 4.39 Å². The molecular formula is C26H29ClFN3O4. The van der Waals surface area contributed by atoms with Crippen LogP contribution >= 0.6 is 11.6 Å². The van der Waals surface area contributed by atoms with Crippen molar-refractivity contribution in [3.8, 4) is 5.69 Å². The number of aromatic nitrogens is 2. The van der Waals surface area contributed by atoms with Crippen LogP contribution < -0.4 is 5.56 Å². The number of para-hydroxylation sites is 1. The lowest BCUT2D eigenvalue weighted by molar-refractivity contribution is -0.146. The summed E-state index contributed by atoms with van der Waals surface area (Å²) in [4.78, 5) is 45.1. The summed E-state index contributed by atoms with van der Waals surface area (Å²) >= 11 is 6.04. The lowest BCUT2D eigenvalue weighted by Gasteiger charge is -2.32. The van der Waals surface area contributed by atoms with E-state index in [1.165, 1.54) is 22.8 Å². The zero-order valence-electron chi connectivity index (χ0n) is 20.1. The molecule has 0 aliphatic heterocycles. The number of fused-ring (bicyclic) bond motifs is 1. The van der Waals surface area contributed by atoms with E-state index in [0.29, 0.717) is 41.8 Å². The number of ether oxygens (including phenoxy) is 1. The normalized spacial score (nSPS) is 11.9. The molecule has 1 amide bonds. The van der Waals surface area contributed by atoms with E-state index in [-0.39, 0.29) is 35.9 Å². The number of esters is 1. The largest absolute Gasteiger partial charge is 0.466 e. The minimum absolute atomic E-state index is 0.0183. The predicted octanol–water partition coefficient (Wildman–Crippen LogP) is 5.21. The smallest absolute Gasteiger partial charge is 0.306 e. The van der Waals surface area contributed by atoms with Gasteiger partial charge in [-0.1, -0.05) is 37.6 Å². The first-order valence-electron chi connectivity index (χ1n) is 11.7. The van der Waals surface area contributed by atoms with E-state index >= 15 is 0 Å². The van der Waals surface area contributed by atoms with Gasteiger partial charge in [-0.25, -0.2) is 9.37 Å². The summed E-state index contributed by atoms with van der Waals surface area (Å²) in [5, 5.41) is 0.264. The molecule has 35 heavy (non-hydrogen) atoms. The summed E-state index contributed by atoms with van der Waals surface area (Å²) in [6, 6.07) is 10.4. The van der Waals surface area contributed by atoms with Crippen molar-refractivity contribution in [1.82, 2.24) is 14.5 Å². The summed E-state index contributed by atoms with van der Waals surface area (Å²) in [5.41, 5.74) is 0.497. The maximum atomic E-state index is 13.9. The molecule has 1 atom stereocenters. The first kappa shape index (κ1) is 26.3. The van der Waals surface area contributed by atoms with Crippen molar-refractivity contribution in [3.05, 3.63) is 69.5 Å². The first-order chi connectivity index (χ1) is 16.8. The van der Waals surface area contributed by atoms with E-state index in [0.717, 1.165) is 0 Å². The molecule has 3 rings (SSSR count). The van der Waals surface area contributed by atoms with Gasteiger partial charge in [-0.3, -0.25) is 19.0 Å². The summed E-state index contributed by atoms with van der Waals surface area (Å²) < 4.78 is 20.3. The van der Waals surface area contributed by atoms with Gasteiger partial charge in [0, 0.05) is 13.0 Å². The average molecular weight is 502 g/mol. The molecule has 186 valence electrons. The minimum Gasteiger partial charge on any atom is -0.466 e. The van der Waals surface area contributed by atoms with E-state index in [4.69, 9.17) is 21.3 Å². The Labute approximate surface area is 208 Å². The number of amides is 1. The van der Waals surface area contributed by atoms with E-state index in [2.05, 4.69) is 0 Å². The summed E-state index contributed by atoms with van der Waals surface area (Å²) in [7, 11) is 0. The molecular weight excluding hydrogens is 473 g/mol. The standard InChI is InChI=1S/C26H29ClFN3O4/c1-4-15-30(23(32)13-14-24(33)35-6-3)22(5-2)25-29-21-10-8-7-9-18(21)26(34)31(25)17-11-12-20(28)19(27)16-17/h7-12,16,22H,4-6,13-15H2,1-3H3. The van der Waals surface area contributed by atoms with Crippen LogP contribution in [0.15, 0.2) is 47.3 Å². The molecule has 0 N–H and O–H groups in total. The van der Waals surface area contributed by atoms with Crippen LogP contribution in [0.1, 0.15) is 58.3 Å². The highest BCUT2D eigenvalue weighted by Gasteiger charge is 2.29. The quantitative estimate of drug-likeness (QED) is 0.356. The van der Waals surface area contributed by atoms with Crippen molar-refractivity contribution in [2.24, 2.45) is 0 Å². The molecule has 2 aromatic carbocycles. The second kappa shape index (κ2) is 11.9. The van der Waals surface area contributed by atoms with Gasteiger partial charge in [0.2, 0.25) is 5.91 Å². The maximum Gasteiger partial charge on any atom is 0.306 e. The van der Waals surface area contributed by atoms with Gasteiger partial charge in [0.05, 0.1) is 40.7 Å². The summed E-state index contributed by atoms with van der Waals surface area (Å²) in [6.07, 6.45) is 1.08. The summed E-state index contributed by atoms with van der Waals surface area (Å²) in [5.74, 6) is -0.936. The Hall–Kier alpha value is -3.26. The van der Waals surface area contributed by atoms with Crippen molar-refractivity contribution in [3.63, 3.8) is 0 Å². The minimum atomic E-state index is -0.604. The third-order valence-electron chi connectivity index (χ3n) is 5.66. The zero-order valence-corrected chi connectivity index (χ0v) is 20.8. The van der Waals surface area contributed by atoms with Gasteiger partial charge in [-0.15, -0.1) is 0 Å². The molecule has 0 fully saturated rings. The fourth-order valence-electron chi connectivity index (χ4n) is 4.07.